The van der Waals surface area contributed by atoms with Gasteiger partial charge in [0, 0.05) is 32.2 Å². The summed E-state index contributed by atoms with van der Waals surface area (Å²) in [6.45, 7) is 7.60. The van der Waals surface area contributed by atoms with Gasteiger partial charge in [0.05, 0.1) is 13.2 Å². The first kappa shape index (κ1) is 24.2. The zero-order valence-corrected chi connectivity index (χ0v) is 20.4. The number of benzene rings is 1. The SMILES string of the molecule is CN=C(NCCN1CCCCC1)NCC(c1ccccc1OC)N1CCCC1.I. The topological polar surface area (TPSA) is 52.1 Å². The number of nitrogens with zero attached hydrogens (tertiary/aromatic N) is 3. The number of ether oxygens (including phenoxy) is 1. The molecule has 0 radical (unpaired) electrons. The molecule has 1 atom stereocenters. The van der Waals surface area contributed by atoms with Gasteiger partial charge in [0.15, 0.2) is 5.96 Å². The Labute approximate surface area is 193 Å². The van der Waals surface area contributed by atoms with E-state index in [0.717, 1.165) is 44.4 Å². The van der Waals surface area contributed by atoms with Crippen molar-refractivity contribution < 1.29 is 4.74 Å². The molecule has 0 saturated carbocycles. The maximum atomic E-state index is 5.65. The summed E-state index contributed by atoms with van der Waals surface area (Å²) in [6, 6.07) is 8.68. The third-order valence-corrected chi connectivity index (χ3v) is 5.93. The van der Waals surface area contributed by atoms with E-state index in [4.69, 9.17) is 4.74 Å². The number of nitrogens with one attached hydrogen (secondary N) is 2. The second kappa shape index (κ2) is 13.3. The third-order valence-electron chi connectivity index (χ3n) is 5.93. The number of methoxy groups -OCH3 is 1. The molecule has 0 aromatic heterocycles. The van der Waals surface area contributed by atoms with Crippen molar-refractivity contribution in [3.05, 3.63) is 29.8 Å². The van der Waals surface area contributed by atoms with Gasteiger partial charge in [0.2, 0.25) is 0 Å². The van der Waals surface area contributed by atoms with Crippen molar-refractivity contribution in [1.29, 1.82) is 0 Å². The highest BCUT2D eigenvalue weighted by Crippen LogP contribution is 2.31. The molecule has 2 N–H and O–H groups in total. The maximum Gasteiger partial charge on any atom is 0.191 e. The van der Waals surface area contributed by atoms with E-state index in [2.05, 4.69) is 43.6 Å². The fourth-order valence-electron chi connectivity index (χ4n) is 4.36. The number of hydrogen-bond acceptors (Lipinski definition) is 4. The second-order valence-electron chi connectivity index (χ2n) is 7.78. The van der Waals surface area contributed by atoms with Crippen LogP contribution in [0.2, 0.25) is 0 Å². The Balaban J connectivity index is 0.00000300. The van der Waals surface area contributed by atoms with Gasteiger partial charge in [0.25, 0.3) is 0 Å². The summed E-state index contributed by atoms with van der Waals surface area (Å²) < 4.78 is 5.65. The molecule has 0 spiro atoms. The molecule has 0 aliphatic carbocycles. The van der Waals surface area contributed by atoms with Gasteiger partial charge in [-0.2, -0.15) is 0 Å². The van der Waals surface area contributed by atoms with E-state index in [9.17, 15) is 0 Å². The number of rotatable bonds is 8. The number of piperidine rings is 1. The Morgan fingerprint density at radius 1 is 1.03 bits per heavy atom. The van der Waals surface area contributed by atoms with Gasteiger partial charge in [-0.1, -0.05) is 24.6 Å². The van der Waals surface area contributed by atoms with E-state index < -0.39 is 0 Å². The highest BCUT2D eigenvalue weighted by atomic mass is 127. The fourth-order valence-corrected chi connectivity index (χ4v) is 4.36. The fraction of sp³-hybridized carbons (Fsp3) is 0.682. The Hall–Kier alpha value is -1.06. The van der Waals surface area contributed by atoms with E-state index in [-0.39, 0.29) is 24.0 Å². The minimum atomic E-state index is 0. The molecule has 0 bridgehead atoms. The predicted octanol–water partition coefficient (Wildman–Crippen LogP) is 3.10. The molecule has 1 aromatic carbocycles. The molecule has 1 unspecified atom stereocenters. The average molecular weight is 515 g/mol. The number of guanidine groups is 1. The zero-order chi connectivity index (χ0) is 19.6. The first-order valence-corrected chi connectivity index (χ1v) is 10.9. The lowest BCUT2D eigenvalue weighted by atomic mass is 10.0. The van der Waals surface area contributed by atoms with E-state index in [1.807, 2.05) is 13.1 Å². The number of hydrogen-bond donors (Lipinski definition) is 2. The highest BCUT2D eigenvalue weighted by molar-refractivity contribution is 14.0. The van der Waals surface area contributed by atoms with Crippen LogP contribution in [0.5, 0.6) is 5.75 Å². The van der Waals surface area contributed by atoms with Crippen LogP contribution in [0.15, 0.2) is 29.3 Å². The van der Waals surface area contributed by atoms with Gasteiger partial charge in [-0.3, -0.25) is 9.89 Å². The number of likely N-dealkylation sites (tertiary alicyclic amines) is 2. The van der Waals surface area contributed by atoms with Gasteiger partial charge >= 0.3 is 0 Å². The molecular formula is C22H38IN5O. The molecular weight excluding hydrogens is 477 g/mol. The summed E-state index contributed by atoms with van der Waals surface area (Å²) in [4.78, 5) is 9.54. The van der Waals surface area contributed by atoms with Crippen LogP contribution in [0.25, 0.3) is 0 Å². The summed E-state index contributed by atoms with van der Waals surface area (Å²) in [7, 11) is 3.61. The number of aliphatic imine (C=N–C) groups is 1. The number of halogens is 1. The summed E-state index contributed by atoms with van der Waals surface area (Å²) in [5, 5.41) is 7.05. The van der Waals surface area contributed by atoms with Crippen molar-refractivity contribution in [3.63, 3.8) is 0 Å². The molecule has 2 saturated heterocycles. The van der Waals surface area contributed by atoms with Crippen LogP contribution >= 0.6 is 24.0 Å². The lowest BCUT2D eigenvalue weighted by Crippen LogP contribution is -2.45. The van der Waals surface area contributed by atoms with Gasteiger partial charge < -0.3 is 20.3 Å². The van der Waals surface area contributed by atoms with Crippen LogP contribution in [-0.4, -0.2) is 75.7 Å². The third kappa shape index (κ3) is 7.29. The van der Waals surface area contributed by atoms with Crippen LogP contribution in [0.1, 0.15) is 43.7 Å². The second-order valence-corrected chi connectivity index (χ2v) is 7.78. The number of para-hydroxylation sites is 1. The summed E-state index contributed by atoms with van der Waals surface area (Å²) in [5.41, 5.74) is 1.25. The standard InChI is InChI=1S/C22H37N5O.HI/c1-23-22(24-12-17-26-13-6-3-7-14-26)25-18-20(27-15-8-9-16-27)19-10-4-5-11-21(19)28-2;/h4-5,10-11,20H,3,6-9,12-18H2,1-2H3,(H2,23,24,25);1H. The maximum absolute atomic E-state index is 5.65. The Morgan fingerprint density at radius 3 is 2.41 bits per heavy atom. The normalized spacial score (nSPS) is 19.4. The molecule has 29 heavy (non-hydrogen) atoms. The van der Waals surface area contributed by atoms with Crippen molar-refractivity contribution in [1.82, 2.24) is 20.4 Å². The lowest BCUT2D eigenvalue weighted by Gasteiger charge is -2.30. The average Bonchev–Trinajstić information content (AvgIpc) is 3.28. The summed E-state index contributed by atoms with van der Waals surface area (Å²) in [6.07, 6.45) is 6.60. The molecule has 3 rings (SSSR count). The minimum Gasteiger partial charge on any atom is -0.496 e. The Morgan fingerprint density at radius 2 is 1.72 bits per heavy atom. The van der Waals surface area contributed by atoms with Crippen molar-refractivity contribution in [2.24, 2.45) is 4.99 Å². The Kier molecular flexibility index (Phi) is 11.1. The molecule has 6 nitrogen and oxygen atoms in total. The van der Waals surface area contributed by atoms with Crippen molar-refractivity contribution >= 4 is 29.9 Å². The minimum absolute atomic E-state index is 0. The van der Waals surface area contributed by atoms with Crippen LogP contribution in [0, 0.1) is 0 Å². The van der Waals surface area contributed by atoms with Gasteiger partial charge in [-0.05, 0) is 57.9 Å². The molecule has 1 aromatic rings. The van der Waals surface area contributed by atoms with E-state index in [0.29, 0.717) is 6.04 Å². The lowest BCUT2D eigenvalue weighted by molar-refractivity contribution is 0.231. The van der Waals surface area contributed by atoms with Gasteiger partial charge in [-0.15, -0.1) is 24.0 Å². The van der Waals surface area contributed by atoms with Gasteiger partial charge in [-0.25, -0.2) is 0 Å². The predicted molar refractivity (Wildman–Crippen MR) is 132 cm³/mol. The molecule has 0 amide bonds. The molecule has 7 heteroatoms. The quantitative estimate of drug-likeness (QED) is 0.317. The monoisotopic (exact) mass is 515 g/mol. The van der Waals surface area contributed by atoms with Crippen molar-refractivity contribution in [3.8, 4) is 5.75 Å². The molecule has 164 valence electrons. The Bertz CT molecular complexity index is 615. The zero-order valence-electron chi connectivity index (χ0n) is 18.0. The van der Waals surface area contributed by atoms with E-state index in [1.54, 1.807) is 7.11 Å². The summed E-state index contributed by atoms with van der Waals surface area (Å²) in [5.74, 6) is 1.85. The highest BCUT2D eigenvalue weighted by Gasteiger charge is 2.26. The van der Waals surface area contributed by atoms with Gasteiger partial charge in [0.1, 0.15) is 5.75 Å². The van der Waals surface area contributed by atoms with Crippen LogP contribution in [0.3, 0.4) is 0 Å². The molecule has 2 fully saturated rings. The van der Waals surface area contributed by atoms with Crippen LogP contribution < -0.4 is 15.4 Å². The first-order chi connectivity index (χ1) is 13.8. The first-order valence-electron chi connectivity index (χ1n) is 10.9. The van der Waals surface area contributed by atoms with Crippen LogP contribution in [-0.2, 0) is 0 Å². The molecule has 2 aliphatic heterocycles. The van der Waals surface area contributed by atoms with Crippen molar-refractivity contribution in [2.75, 3.05) is 60.0 Å². The smallest absolute Gasteiger partial charge is 0.191 e. The summed E-state index contributed by atoms with van der Waals surface area (Å²) >= 11 is 0. The van der Waals surface area contributed by atoms with E-state index >= 15 is 0 Å². The van der Waals surface area contributed by atoms with Crippen molar-refractivity contribution in [2.45, 2.75) is 38.1 Å². The largest absolute Gasteiger partial charge is 0.496 e. The molecule has 2 aliphatic rings. The van der Waals surface area contributed by atoms with Crippen LogP contribution in [0.4, 0.5) is 0 Å². The van der Waals surface area contributed by atoms with E-state index in [1.165, 1.54) is 50.8 Å². The molecule has 2 heterocycles.